The van der Waals surface area contributed by atoms with Gasteiger partial charge in [0.1, 0.15) is 5.82 Å². The van der Waals surface area contributed by atoms with Crippen LogP contribution in [-0.2, 0) is 11.3 Å². The lowest BCUT2D eigenvalue weighted by Gasteiger charge is -2.34. The zero-order valence-electron chi connectivity index (χ0n) is 17.1. The van der Waals surface area contributed by atoms with Crippen molar-refractivity contribution in [1.29, 1.82) is 0 Å². The molecule has 164 valence electrons. The number of carbonyl (C=O) groups is 1. The second-order valence-corrected chi connectivity index (χ2v) is 10.6. The quantitative estimate of drug-likeness (QED) is 0.387. The number of ether oxygens (including phenoxy) is 1. The predicted molar refractivity (Wildman–Crippen MR) is 121 cm³/mol. The van der Waals surface area contributed by atoms with Crippen LogP contribution in [0.15, 0.2) is 35.2 Å². The number of esters is 1. The smallest absolute Gasteiger partial charge is 0.340 e. The van der Waals surface area contributed by atoms with Crippen molar-refractivity contribution in [3.63, 3.8) is 0 Å². The highest BCUT2D eigenvalue weighted by Gasteiger charge is 2.44. The Morgan fingerprint density at radius 2 is 1.87 bits per heavy atom. The van der Waals surface area contributed by atoms with Gasteiger partial charge < -0.3 is 4.74 Å². The topological polar surface area (TPSA) is 32.8 Å². The molecule has 0 aromatic heterocycles. The van der Waals surface area contributed by atoms with Crippen LogP contribution in [0.5, 0.6) is 0 Å². The molecule has 2 aromatic rings. The van der Waals surface area contributed by atoms with Crippen LogP contribution in [0.4, 0.5) is 4.39 Å². The van der Waals surface area contributed by atoms with E-state index in [9.17, 15) is 9.18 Å². The van der Waals surface area contributed by atoms with Crippen LogP contribution in [0.3, 0.4) is 0 Å². The number of halogens is 3. The number of carbonyl (C=O) groups excluding carboxylic acids is 1. The monoisotopic (exact) mass is 480 g/mol. The molecule has 2 aliphatic heterocycles. The SMILES string of the molecule is COC(=O)c1cc(C2CC2)c(CN2CC3C[C@H]2CN3Sc2cc(Cl)cc(Cl)c2)cc1F. The molecule has 0 N–H and O–H groups in total. The van der Waals surface area contributed by atoms with E-state index in [4.69, 9.17) is 27.9 Å². The first-order chi connectivity index (χ1) is 14.9. The normalized spacial score (nSPS) is 23.5. The maximum Gasteiger partial charge on any atom is 0.340 e. The zero-order valence-corrected chi connectivity index (χ0v) is 19.4. The van der Waals surface area contributed by atoms with Crippen molar-refractivity contribution in [3.8, 4) is 0 Å². The molecule has 2 saturated heterocycles. The van der Waals surface area contributed by atoms with Crippen molar-refractivity contribution in [2.24, 2.45) is 0 Å². The van der Waals surface area contributed by atoms with Gasteiger partial charge in [0.25, 0.3) is 0 Å². The molecule has 31 heavy (non-hydrogen) atoms. The molecule has 3 fully saturated rings. The number of piperazine rings is 1. The standard InChI is InChI=1S/C23H23Cl2FN2O2S/c1-30-23(29)21-9-20(13-2-3-13)14(4-22(21)26)10-27-11-18-8-17(27)12-28(18)31-19-6-15(24)5-16(25)7-19/h4-7,9,13,17-18H,2-3,8,10-12H2,1H3/t17-,18?/m0/s1. The molecule has 8 heteroatoms. The Morgan fingerprint density at radius 1 is 1.13 bits per heavy atom. The van der Waals surface area contributed by atoms with E-state index < -0.39 is 11.8 Å². The van der Waals surface area contributed by atoms with Crippen LogP contribution in [-0.4, -0.2) is 47.5 Å². The summed E-state index contributed by atoms with van der Waals surface area (Å²) in [6, 6.07) is 9.76. The van der Waals surface area contributed by atoms with Crippen molar-refractivity contribution < 1.29 is 13.9 Å². The van der Waals surface area contributed by atoms with Crippen molar-refractivity contribution in [1.82, 2.24) is 9.21 Å². The number of hydrogen-bond donors (Lipinski definition) is 0. The summed E-state index contributed by atoms with van der Waals surface area (Å²) in [6.45, 7) is 2.60. The minimum atomic E-state index is -0.611. The van der Waals surface area contributed by atoms with Crippen molar-refractivity contribution in [2.75, 3.05) is 20.2 Å². The van der Waals surface area contributed by atoms with Gasteiger partial charge >= 0.3 is 5.97 Å². The molecule has 5 rings (SSSR count). The highest BCUT2D eigenvalue weighted by Crippen LogP contribution is 2.44. The Balaban J connectivity index is 1.29. The fraction of sp³-hybridized carbons (Fsp3) is 0.435. The Kier molecular flexibility index (Phi) is 5.95. The summed E-state index contributed by atoms with van der Waals surface area (Å²) in [5.41, 5.74) is 2.14. The molecule has 4 nitrogen and oxygen atoms in total. The van der Waals surface area contributed by atoms with E-state index in [1.54, 1.807) is 30.1 Å². The van der Waals surface area contributed by atoms with Crippen molar-refractivity contribution in [3.05, 3.63) is 62.9 Å². The minimum absolute atomic E-state index is 0.0406. The summed E-state index contributed by atoms with van der Waals surface area (Å²) < 4.78 is 21.8. The van der Waals surface area contributed by atoms with Crippen molar-refractivity contribution in [2.45, 2.75) is 48.7 Å². The van der Waals surface area contributed by atoms with Gasteiger partial charge in [-0.1, -0.05) is 23.2 Å². The second-order valence-electron chi connectivity index (χ2n) is 8.57. The third kappa shape index (κ3) is 4.46. The highest BCUT2D eigenvalue weighted by atomic mass is 35.5. The molecule has 0 radical (unpaired) electrons. The average molecular weight is 481 g/mol. The molecule has 2 bridgehead atoms. The summed E-state index contributed by atoms with van der Waals surface area (Å²) >= 11 is 14.0. The van der Waals surface area contributed by atoms with Crippen LogP contribution in [0.2, 0.25) is 10.0 Å². The van der Waals surface area contributed by atoms with Gasteiger partial charge in [-0.05, 0) is 78.6 Å². The molecule has 2 atom stereocenters. The van der Waals surface area contributed by atoms with E-state index in [1.807, 2.05) is 12.1 Å². The number of nitrogens with zero attached hydrogens (tertiary/aromatic N) is 2. The van der Waals surface area contributed by atoms with Crippen LogP contribution < -0.4 is 0 Å². The Morgan fingerprint density at radius 3 is 2.48 bits per heavy atom. The van der Waals surface area contributed by atoms with E-state index in [0.29, 0.717) is 34.6 Å². The molecule has 3 aliphatic rings. The predicted octanol–water partition coefficient (Wildman–Crippen LogP) is 5.76. The van der Waals surface area contributed by atoms with Crippen LogP contribution in [0, 0.1) is 5.82 Å². The molecule has 2 aromatic carbocycles. The molecule has 2 heterocycles. The summed E-state index contributed by atoms with van der Waals surface area (Å²) in [5.74, 6) is -0.677. The van der Waals surface area contributed by atoms with Gasteiger partial charge in [-0.15, -0.1) is 0 Å². The molecule has 1 unspecified atom stereocenters. The first-order valence-electron chi connectivity index (χ1n) is 10.5. The maximum atomic E-state index is 14.6. The van der Waals surface area contributed by atoms with Crippen LogP contribution in [0.25, 0.3) is 0 Å². The summed E-state index contributed by atoms with van der Waals surface area (Å²) in [7, 11) is 1.29. The van der Waals surface area contributed by atoms with E-state index in [-0.39, 0.29) is 5.56 Å². The van der Waals surface area contributed by atoms with Crippen LogP contribution in [0.1, 0.15) is 46.7 Å². The molecule has 1 saturated carbocycles. The van der Waals surface area contributed by atoms with Crippen molar-refractivity contribution >= 4 is 41.1 Å². The summed E-state index contributed by atoms with van der Waals surface area (Å²) in [5, 5.41) is 1.29. The van der Waals surface area contributed by atoms with Gasteiger partial charge in [-0.25, -0.2) is 13.5 Å². The van der Waals surface area contributed by atoms with Gasteiger partial charge in [-0.2, -0.15) is 0 Å². The maximum absolute atomic E-state index is 14.6. The van der Waals surface area contributed by atoms with E-state index in [1.165, 1.54) is 7.11 Å². The van der Waals surface area contributed by atoms with Gasteiger partial charge in [-0.3, -0.25) is 4.90 Å². The summed E-state index contributed by atoms with van der Waals surface area (Å²) in [4.78, 5) is 15.4. The van der Waals surface area contributed by atoms with Gasteiger partial charge in [0, 0.05) is 46.7 Å². The van der Waals surface area contributed by atoms with Crippen LogP contribution >= 0.6 is 35.1 Å². The first kappa shape index (κ1) is 21.5. The van der Waals surface area contributed by atoms with Gasteiger partial charge in [0.05, 0.1) is 12.7 Å². The largest absolute Gasteiger partial charge is 0.465 e. The summed E-state index contributed by atoms with van der Waals surface area (Å²) in [6.07, 6.45) is 3.29. The lowest BCUT2D eigenvalue weighted by atomic mass is 9.98. The molecular formula is C23H23Cl2FN2O2S. The number of likely N-dealkylation sites (tertiary alicyclic amines) is 1. The molecular weight excluding hydrogens is 458 g/mol. The van der Waals surface area contributed by atoms with E-state index in [0.717, 1.165) is 48.4 Å². The zero-order chi connectivity index (χ0) is 21.7. The number of fused-ring (bicyclic) bond motifs is 2. The molecule has 0 amide bonds. The van der Waals surface area contributed by atoms with Gasteiger partial charge in [0.2, 0.25) is 0 Å². The first-order valence-corrected chi connectivity index (χ1v) is 12.0. The Hall–Kier alpha value is -1.31. The second kappa shape index (κ2) is 8.56. The third-order valence-electron chi connectivity index (χ3n) is 6.39. The third-order valence-corrected chi connectivity index (χ3v) is 7.95. The Bertz CT molecular complexity index is 1010. The minimum Gasteiger partial charge on any atom is -0.465 e. The Labute approximate surface area is 195 Å². The van der Waals surface area contributed by atoms with Gasteiger partial charge in [0.15, 0.2) is 0 Å². The van der Waals surface area contributed by atoms with E-state index in [2.05, 4.69) is 9.21 Å². The molecule has 0 spiro atoms. The fourth-order valence-corrected chi connectivity index (χ4v) is 6.60. The number of rotatable bonds is 6. The molecule has 1 aliphatic carbocycles. The number of hydrogen-bond acceptors (Lipinski definition) is 5. The lowest BCUT2D eigenvalue weighted by Crippen LogP contribution is -2.43. The highest BCUT2D eigenvalue weighted by molar-refractivity contribution is 7.97. The van der Waals surface area contributed by atoms with E-state index >= 15 is 0 Å². The fourth-order valence-electron chi connectivity index (χ4n) is 4.76. The number of methoxy groups -OCH3 is 1. The average Bonchev–Trinajstić information content (AvgIpc) is 3.38. The number of benzene rings is 2. The lowest BCUT2D eigenvalue weighted by molar-refractivity contribution is 0.0595.